The minimum Gasteiger partial charge on any atom is -0.490 e. The minimum atomic E-state index is 0.0182. The van der Waals surface area contributed by atoms with Gasteiger partial charge < -0.3 is 15.2 Å². The van der Waals surface area contributed by atoms with Crippen LogP contribution in [0.4, 0.5) is 0 Å². The van der Waals surface area contributed by atoms with Crippen LogP contribution in [-0.4, -0.2) is 11.6 Å². The van der Waals surface area contributed by atoms with Crippen molar-refractivity contribution < 1.29 is 9.47 Å². The summed E-state index contributed by atoms with van der Waals surface area (Å²) < 4.78 is 11.5. The lowest BCUT2D eigenvalue weighted by Gasteiger charge is -2.15. The number of nitriles is 1. The third-order valence-corrected chi connectivity index (χ3v) is 4.08. The summed E-state index contributed by atoms with van der Waals surface area (Å²) in [6, 6.07) is 12.7. The van der Waals surface area contributed by atoms with Gasteiger partial charge in [0.25, 0.3) is 0 Å². The molecule has 0 amide bonds. The molecule has 0 fully saturated rings. The second kappa shape index (κ2) is 9.44. The lowest BCUT2D eigenvalue weighted by Crippen LogP contribution is -2.09. The van der Waals surface area contributed by atoms with Gasteiger partial charge in [0.1, 0.15) is 17.7 Å². The van der Waals surface area contributed by atoms with E-state index in [0.717, 1.165) is 5.56 Å². The first-order chi connectivity index (χ1) is 12.4. The molecular formula is C19H16Cl2N2O2S. The van der Waals surface area contributed by atoms with Gasteiger partial charge in [0.15, 0.2) is 11.5 Å². The van der Waals surface area contributed by atoms with Crippen molar-refractivity contribution in [2.45, 2.75) is 13.5 Å². The van der Waals surface area contributed by atoms with Crippen LogP contribution in [0.1, 0.15) is 18.1 Å². The van der Waals surface area contributed by atoms with Gasteiger partial charge in [-0.2, -0.15) is 5.26 Å². The maximum atomic E-state index is 9.10. The number of halogens is 2. The molecule has 0 aliphatic carbocycles. The number of hydrogen-bond donors (Lipinski definition) is 1. The van der Waals surface area contributed by atoms with Crippen LogP contribution in [0.15, 0.2) is 42.0 Å². The van der Waals surface area contributed by atoms with E-state index in [4.69, 9.17) is 55.9 Å². The molecule has 2 aromatic rings. The van der Waals surface area contributed by atoms with Gasteiger partial charge in [0.2, 0.25) is 0 Å². The van der Waals surface area contributed by atoms with Crippen LogP contribution in [0.25, 0.3) is 6.08 Å². The van der Waals surface area contributed by atoms with Crippen molar-refractivity contribution in [1.82, 2.24) is 0 Å². The number of thiocarbonyl (C=S) groups is 1. The zero-order valence-corrected chi connectivity index (χ0v) is 16.3. The first-order valence-electron chi connectivity index (χ1n) is 7.69. The number of nitrogens with two attached hydrogens (primary N) is 1. The topological polar surface area (TPSA) is 68.3 Å². The summed E-state index contributed by atoms with van der Waals surface area (Å²) in [6.45, 7) is 2.60. The summed E-state index contributed by atoms with van der Waals surface area (Å²) in [5.41, 5.74) is 7.30. The minimum absolute atomic E-state index is 0.0182. The first-order valence-corrected chi connectivity index (χ1v) is 8.86. The Hall–Kier alpha value is -2.26. The van der Waals surface area contributed by atoms with Gasteiger partial charge in [-0.1, -0.05) is 47.6 Å². The number of nitrogens with zero attached hydrogens (tertiary/aromatic N) is 1. The zero-order chi connectivity index (χ0) is 19.1. The first kappa shape index (κ1) is 20.1. The molecule has 0 saturated heterocycles. The summed E-state index contributed by atoms with van der Waals surface area (Å²) in [5.74, 6) is 0.898. The Bertz CT molecular complexity index is 874. The Kier molecular flexibility index (Phi) is 7.28. The summed E-state index contributed by atoms with van der Waals surface area (Å²) in [4.78, 5) is 0.0182. The molecule has 0 spiro atoms. The van der Waals surface area contributed by atoms with Crippen molar-refractivity contribution in [2.24, 2.45) is 5.73 Å². The fourth-order valence-corrected chi connectivity index (χ4v) is 2.64. The highest BCUT2D eigenvalue weighted by atomic mass is 35.5. The largest absolute Gasteiger partial charge is 0.490 e. The van der Waals surface area contributed by atoms with Gasteiger partial charge in [-0.15, -0.1) is 0 Å². The Morgan fingerprint density at radius 2 is 1.92 bits per heavy atom. The summed E-state index contributed by atoms with van der Waals surface area (Å²) in [5, 5.41) is 10.1. The predicted molar refractivity (Wildman–Crippen MR) is 109 cm³/mol. The molecule has 0 aromatic heterocycles. The molecule has 0 bridgehead atoms. The quantitative estimate of drug-likeness (QED) is 0.390. The molecule has 0 radical (unpaired) electrons. The van der Waals surface area contributed by atoms with Gasteiger partial charge in [0, 0.05) is 5.02 Å². The highest BCUT2D eigenvalue weighted by Gasteiger charge is 2.13. The molecule has 134 valence electrons. The smallest absolute Gasteiger partial charge is 0.180 e. The van der Waals surface area contributed by atoms with E-state index in [1.807, 2.05) is 25.1 Å². The number of rotatable bonds is 7. The molecule has 0 atom stereocenters. The average molecular weight is 407 g/mol. The van der Waals surface area contributed by atoms with E-state index >= 15 is 0 Å². The van der Waals surface area contributed by atoms with E-state index in [9.17, 15) is 0 Å². The number of ether oxygens (including phenoxy) is 2. The molecule has 0 unspecified atom stereocenters. The highest BCUT2D eigenvalue weighted by Crippen LogP contribution is 2.38. The van der Waals surface area contributed by atoms with Crippen LogP contribution in [0.3, 0.4) is 0 Å². The van der Waals surface area contributed by atoms with E-state index in [1.165, 1.54) is 0 Å². The van der Waals surface area contributed by atoms with Crippen molar-refractivity contribution in [3.05, 3.63) is 63.1 Å². The fourth-order valence-electron chi connectivity index (χ4n) is 2.14. The Morgan fingerprint density at radius 1 is 1.23 bits per heavy atom. The normalized spacial score (nSPS) is 10.9. The number of hydrogen-bond acceptors (Lipinski definition) is 4. The molecule has 0 saturated carbocycles. The standard InChI is InChI=1S/C19H16Cl2N2O2S/c1-2-24-17-9-13(7-14(10-22)19(23)26)8-16(21)18(17)25-11-12-3-5-15(20)6-4-12/h3-9H,2,11H2,1H3,(H2,23,26)/b14-7+. The van der Waals surface area contributed by atoms with E-state index in [-0.39, 0.29) is 10.6 Å². The second-order valence-corrected chi connectivity index (χ2v) is 6.50. The molecule has 0 aliphatic heterocycles. The Morgan fingerprint density at radius 3 is 2.50 bits per heavy atom. The van der Waals surface area contributed by atoms with Crippen LogP contribution in [0.5, 0.6) is 11.5 Å². The Balaban J connectivity index is 2.32. The van der Waals surface area contributed by atoms with Crippen molar-refractivity contribution in [1.29, 1.82) is 5.26 Å². The lowest BCUT2D eigenvalue weighted by molar-refractivity contribution is 0.269. The molecule has 26 heavy (non-hydrogen) atoms. The maximum absolute atomic E-state index is 9.10. The molecule has 0 aliphatic rings. The fraction of sp³-hybridized carbons (Fsp3) is 0.158. The predicted octanol–water partition coefficient (Wildman–Crippen LogP) is 5.16. The third kappa shape index (κ3) is 5.37. The van der Waals surface area contributed by atoms with Crippen LogP contribution < -0.4 is 15.2 Å². The van der Waals surface area contributed by atoms with Gasteiger partial charge in [-0.25, -0.2) is 0 Å². The van der Waals surface area contributed by atoms with Crippen LogP contribution >= 0.6 is 35.4 Å². The van der Waals surface area contributed by atoms with Crippen molar-refractivity contribution >= 4 is 46.5 Å². The molecule has 7 heteroatoms. The SMILES string of the molecule is CCOc1cc(/C=C(\C#N)C(N)=S)cc(Cl)c1OCc1ccc(Cl)cc1. The summed E-state index contributed by atoms with van der Waals surface area (Å²) in [6.07, 6.45) is 1.56. The van der Waals surface area contributed by atoms with E-state index in [2.05, 4.69) is 0 Å². The molecule has 4 nitrogen and oxygen atoms in total. The molecule has 0 heterocycles. The maximum Gasteiger partial charge on any atom is 0.180 e. The van der Waals surface area contributed by atoms with Gasteiger partial charge in [0.05, 0.1) is 17.2 Å². The van der Waals surface area contributed by atoms with E-state index in [0.29, 0.717) is 40.3 Å². The van der Waals surface area contributed by atoms with Crippen molar-refractivity contribution in [3.63, 3.8) is 0 Å². The zero-order valence-electron chi connectivity index (χ0n) is 14.0. The molecule has 2 aromatic carbocycles. The summed E-state index contributed by atoms with van der Waals surface area (Å²) in [7, 11) is 0. The molecule has 2 N–H and O–H groups in total. The van der Waals surface area contributed by atoms with Gasteiger partial charge in [-0.3, -0.25) is 0 Å². The van der Waals surface area contributed by atoms with Gasteiger partial charge >= 0.3 is 0 Å². The van der Waals surface area contributed by atoms with Crippen LogP contribution in [-0.2, 0) is 6.61 Å². The average Bonchev–Trinajstić information content (AvgIpc) is 2.60. The van der Waals surface area contributed by atoms with Crippen molar-refractivity contribution in [2.75, 3.05) is 6.61 Å². The third-order valence-electron chi connectivity index (χ3n) is 3.33. The second-order valence-electron chi connectivity index (χ2n) is 5.21. The lowest BCUT2D eigenvalue weighted by atomic mass is 10.1. The monoisotopic (exact) mass is 406 g/mol. The van der Waals surface area contributed by atoms with Crippen molar-refractivity contribution in [3.8, 4) is 17.6 Å². The highest BCUT2D eigenvalue weighted by molar-refractivity contribution is 7.80. The summed E-state index contributed by atoms with van der Waals surface area (Å²) >= 11 is 17.1. The van der Waals surface area contributed by atoms with Crippen LogP contribution in [0, 0.1) is 11.3 Å². The van der Waals surface area contributed by atoms with Crippen LogP contribution in [0.2, 0.25) is 10.0 Å². The number of benzene rings is 2. The van der Waals surface area contributed by atoms with E-state index < -0.39 is 0 Å². The molecule has 2 rings (SSSR count). The van der Waals surface area contributed by atoms with Gasteiger partial charge in [-0.05, 0) is 48.4 Å². The Labute approximate surface area is 167 Å². The van der Waals surface area contributed by atoms with E-state index in [1.54, 1.807) is 30.3 Å². The molecular weight excluding hydrogens is 391 g/mol.